The molecular weight excluding hydrogens is 198 g/mol. The highest BCUT2D eigenvalue weighted by Crippen LogP contribution is 2.22. The molecule has 1 rings (SSSR count). The van der Waals surface area contributed by atoms with Gasteiger partial charge in [0.05, 0.1) is 11.5 Å². The molecule has 0 radical (unpaired) electrons. The van der Waals surface area contributed by atoms with Crippen molar-refractivity contribution in [3.8, 4) is 0 Å². The number of hydrogen-bond donors (Lipinski definition) is 1. The largest absolute Gasteiger partial charge is 0.324 e. The summed E-state index contributed by atoms with van der Waals surface area (Å²) in [4.78, 5) is 0. The number of nitrogens with two attached hydrogens (primary N) is 1. The van der Waals surface area contributed by atoms with Crippen molar-refractivity contribution in [3.05, 3.63) is 11.6 Å². The predicted molar refractivity (Wildman–Crippen MR) is 58.8 cm³/mol. The molecule has 0 amide bonds. The minimum atomic E-state index is -2.75. The lowest BCUT2D eigenvalue weighted by Crippen LogP contribution is -2.22. The van der Waals surface area contributed by atoms with E-state index in [0.29, 0.717) is 11.5 Å². The third kappa shape index (κ3) is 3.80. The lowest BCUT2D eigenvalue weighted by atomic mass is 9.99. The van der Waals surface area contributed by atoms with Gasteiger partial charge in [-0.15, -0.1) is 0 Å². The highest BCUT2D eigenvalue weighted by atomic mass is 32.2. The number of sulfone groups is 1. The Balaban J connectivity index is 2.44. The van der Waals surface area contributed by atoms with E-state index in [1.165, 1.54) is 5.57 Å². The first kappa shape index (κ1) is 11.7. The highest BCUT2D eigenvalue weighted by molar-refractivity contribution is 7.91. The van der Waals surface area contributed by atoms with E-state index >= 15 is 0 Å². The molecule has 0 aromatic rings. The second-order valence-corrected chi connectivity index (χ2v) is 6.64. The summed E-state index contributed by atoms with van der Waals surface area (Å²) in [5, 5.41) is 0. The van der Waals surface area contributed by atoms with Crippen molar-refractivity contribution in [2.24, 2.45) is 11.7 Å². The highest BCUT2D eigenvalue weighted by Gasteiger charge is 2.28. The van der Waals surface area contributed by atoms with Crippen LogP contribution in [0.5, 0.6) is 0 Å². The molecule has 0 aromatic carbocycles. The van der Waals surface area contributed by atoms with E-state index in [-0.39, 0.29) is 12.0 Å². The van der Waals surface area contributed by atoms with E-state index < -0.39 is 9.84 Å². The Labute approximate surface area is 86.3 Å². The number of hydrogen-bond acceptors (Lipinski definition) is 3. The molecular formula is C10H19NO2S. The quantitative estimate of drug-likeness (QED) is 0.720. The van der Waals surface area contributed by atoms with Crippen molar-refractivity contribution in [2.45, 2.75) is 32.7 Å². The molecule has 1 aliphatic rings. The summed E-state index contributed by atoms with van der Waals surface area (Å²) in [6.07, 6.45) is 3.59. The van der Waals surface area contributed by atoms with Crippen LogP contribution in [0.15, 0.2) is 11.6 Å². The van der Waals surface area contributed by atoms with E-state index in [2.05, 4.69) is 0 Å². The Morgan fingerprint density at radius 3 is 2.64 bits per heavy atom. The van der Waals surface area contributed by atoms with E-state index in [9.17, 15) is 8.42 Å². The fourth-order valence-electron chi connectivity index (χ4n) is 1.94. The Morgan fingerprint density at radius 2 is 2.21 bits per heavy atom. The SMILES string of the molecule is CC(C)=CC(N)CC1CCS(=O)(=O)C1. The van der Waals surface area contributed by atoms with Crippen molar-refractivity contribution < 1.29 is 8.42 Å². The normalized spacial score (nSPS) is 27.2. The summed E-state index contributed by atoms with van der Waals surface area (Å²) in [7, 11) is -2.75. The second kappa shape index (κ2) is 4.45. The molecule has 1 saturated heterocycles. The molecule has 0 aliphatic carbocycles. The molecule has 2 N–H and O–H groups in total. The fraction of sp³-hybridized carbons (Fsp3) is 0.800. The van der Waals surface area contributed by atoms with Crippen LogP contribution in [-0.2, 0) is 9.84 Å². The van der Waals surface area contributed by atoms with Gasteiger partial charge in [-0.2, -0.15) is 0 Å². The summed E-state index contributed by atoms with van der Waals surface area (Å²) in [6.45, 7) is 4.01. The molecule has 0 saturated carbocycles. The van der Waals surface area contributed by atoms with Gasteiger partial charge < -0.3 is 5.73 Å². The number of rotatable bonds is 3. The van der Waals surface area contributed by atoms with Crippen molar-refractivity contribution in [1.29, 1.82) is 0 Å². The molecule has 14 heavy (non-hydrogen) atoms. The van der Waals surface area contributed by atoms with Crippen LogP contribution in [0.3, 0.4) is 0 Å². The lowest BCUT2D eigenvalue weighted by molar-refractivity contribution is 0.510. The summed E-state index contributed by atoms with van der Waals surface area (Å²) in [6, 6.07) is 0.0123. The predicted octanol–water partition coefficient (Wildman–Crippen LogP) is 1.10. The average molecular weight is 217 g/mol. The van der Waals surface area contributed by atoms with Crippen molar-refractivity contribution in [3.63, 3.8) is 0 Å². The monoisotopic (exact) mass is 217 g/mol. The van der Waals surface area contributed by atoms with Gasteiger partial charge in [-0.05, 0) is 32.6 Å². The zero-order valence-electron chi connectivity index (χ0n) is 8.86. The van der Waals surface area contributed by atoms with E-state index in [4.69, 9.17) is 5.73 Å². The molecule has 1 heterocycles. The van der Waals surface area contributed by atoms with Gasteiger partial charge in [0, 0.05) is 6.04 Å². The van der Waals surface area contributed by atoms with E-state index in [1.54, 1.807) is 0 Å². The summed E-state index contributed by atoms with van der Waals surface area (Å²) in [5.74, 6) is 0.946. The maximum Gasteiger partial charge on any atom is 0.150 e. The molecule has 82 valence electrons. The van der Waals surface area contributed by atoms with Crippen LogP contribution in [0, 0.1) is 5.92 Å². The third-order valence-electron chi connectivity index (χ3n) is 2.48. The first-order valence-electron chi connectivity index (χ1n) is 5.00. The zero-order valence-corrected chi connectivity index (χ0v) is 9.68. The van der Waals surface area contributed by atoms with Gasteiger partial charge in [0.15, 0.2) is 9.84 Å². The standard InChI is InChI=1S/C10H19NO2S/c1-8(2)5-10(11)6-9-3-4-14(12,13)7-9/h5,9-10H,3-4,6-7,11H2,1-2H3. The van der Waals surface area contributed by atoms with Crippen LogP contribution in [-0.4, -0.2) is 26.0 Å². The van der Waals surface area contributed by atoms with E-state index in [0.717, 1.165) is 12.8 Å². The van der Waals surface area contributed by atoms with Gasteiger partial charge in [-0.3, -0.25) is 0 Å². The summed E-state index contributed by atoms with van der Waals surface area (Å²) >= 11 is 0. The third-order valence-corrected chi connectivity index (χ3v) is 4.32. The van der Waals surface area contributed by atoms with Gasteiger partial charge in [-0.1, -0.05) is 11.6 Å². The van der Waals surface area contributed by atoms with Gasteiger partial charge in [0.2, 0.25) is 0 Å². The van der Waals surface area contributed by atoms with Crippen molar-refractivity contribution in [1.82, 2.24) is 0 Å². The van der Waals surface area contributed by atoms with Gasteiger partial charge in [0.1, 0.15) is 0 Å². The summed E-state index contributed by atoms with van der Waals surface area (Å²) in [5.41, 5.74) is 7.06. The lowest BCUT2D eigenvalue weighted by Gasteiger charge is -2.12. The molecule has 1 fully saturated rings. The van der Waals surface area contributed by atoms with Gasteiger partial charge in [0.25, 0.3) is 0 Å². The smallest absolute Gasteiger partial charge is 0.150 e. The maximum absolute atomic E-state index is 11.2. The molecule has 4 heteroatoms. The Bertz CT molecular complexity index is 315. The Kier molecular flexibility index (Phi) is 3.72. The van der Waals surface area contributed by atoms with Crippen molar-refractivity contribution >= 4 is 9.84 Å². The molecule has 3 nitrogen and oxygen atoms in total. The minimum absolute atomic E-state index is 0.0123. The first-order chi connectivity index (χ1) is 6.39. The van der Waals surface area contributed by atoms with Crippen LogP contribution in [0.1, 0.15) is 26.7 Å². The molecule has 2 atom stereocenters. The van der Waals surface area contributed by atoms with Gasteiger partial charge >= 0.3 is 0 Å². The van der Waals surface area contributed by atoms with Crippen LogP contribution in [0.25, 0.3) is 0 Å². The van der Waals surface area contributed by atoms with Crippen LogP contribution < -0.4 is 5.73 Å². The van der Waals surface area contributed by atoms with Crippen molar-refractivity contribution in [2.75, 3.05) is 11.5 Å². The minimum Gasteiger partial charge on any atom is -0.324 e. The topological polar surface area (TPSA) is 60.2 Å². The molecule has 1 aliphatic heterocycles. The second-order valence-electron chi connectivity index (χ2n) is 4.41. The molecule has 0 aromatic heterocycles. The number of allylic oxidation sites excluding steroid dienone is 1. The van der Waals surface area contributed by atoms with Gasteiger partial charge in [-0.25, -0.2) is 8.42 Å². The fourth-order valence-corrected chi connectivity index (χ4v) is 3.82. The summed E-state index contributed by atoms with van der Waals surface area (Å²) < 4.78 is 22.4. The van der Waals surface area contributed by atoms with Crippen LogP contribution >= 0.6 is 0 Å². The van der Waals surface area contributed by atoms with Crippen LogP contribution in [0.4, 0.5) is 0 Å². The molecule has 0 bridgehead atoms. The Morgan fingerprint density at radius 1 is 1.57 bits per heavy atom. The Hall–Kier alpha value is -0.350. The van der Waals surface area contributed by atoms with Crippen LogP contribution in [0.2, 0.25) is 0 Å². The maximum atomic E-state index is 11.2. The zero-order chi connectivity index (χ0) is 10.8. The molecule has 0 spiro atoms. The molecule has 2 unspecified atom stereocenters. The average Bonchev–Trinajstić information content (AvgIpc) is 2.27. The first-order valence-corrected chi connectivity index (χ1v) is 6.82. The van der Waals surface area contributed by atoms with E-state index in [1.807, 2.05) is 19.9 Å².